The van der Waals surface area contributed by atoms with Crippen LogP contribution in [-0.2, 0) is 0 Å². The first-order valence-electron chi connectivity index (χ1n) is 7.25. The standard InChI is InChI=1S/C15H31N/c1-11(2)15(12(3)4)10-16-13(5)14-8-6-7-9-14/h11-16H,6-10H2,1-5H3. The zero-order valence-electron chi connectivity index (χ0n) is 11.9. The van der Waals surface area contributed by atoms with E-state index < -0.39 is 0 Å². The van der Waals surface area contributed by atoms with Gasteiger partial charge in [-0.05, 0) is 50.0 Å². The fraction of sp³-hybridized carbons (Fsp3) is 1.00. The summed E-state index contributed by atoms with van der Waals surface area (Å²) in [4.78, 5) is 0. The highest BCUT2D eigenvalue weighted by atomic mass is 14.9. The van der Waals surface area contributed by atoms with Crippen molar-refractivity contribution in [1.82, 2.24) is 5.32 Å². The van der Waals surface area contributed by atoms with Crippen molar-refractivity contribution in [3.05, 3.63) is 0 Å². The summed E-state index contributed by atoms with van der Waals surface area (Å²) >= 11 is 0. The zero-order chi connectivity index (χ0) is 12.1. The van der Waals surface area contributed by atoms with Crippen molar-refractivity contribution in [2.24, 2.45) is 23.7 Å². The zero-order valence-corrected chi connectivity index (χ0v) is 11.9. The number of nitrogens with one attached hydrogen (secondary N) is 1. The maximum Gasteiger partial charge on any atom is 0.00671 e. The van der Waals surface area contributed by atoms with Crippen LogP contribution in [0.15, 0.2) is 0 Å². The summed E-state index contributed by atoms with van der Waals surface area (Å²) in [5, 5.41) is 3.79. The third kappa shape index (κ3) is 4.08. The van der Waals surface area contributed by atoms with Crippen LogP contribution < -0.4 is 5.32 Å². The molecule has 1 aliphatic rings. The summed E-state index contributed by atoms with van der Waals surface area (Å²) in [5.74, 6) is 3.36. The molecule has 1 N–H and O–H groups in total. The second-order valence-corrected chi connectivity index (χ2v) is 6.39. The van der Waals surface area contributed by atoms with Crippen molar-refractivity contribution < 1.29 is 0 Å². The molecule has 0 aromatic heterocycles. The summed E-state index contributed by atoms with van der Waals surface area (Å²) in [7, 11) is 0. The molecule has 0 saturated heterocycles. The van der Waals surface area contributed by atoms with Gasteiger partial charge >= 0.3 is 0 Å². The molecule has 1 fully saturated rings. The molecule has 1 heteroatoms. The minimum atomic E-state index is 0.725. The lowest BCUT2D eigenvalue weighted by molar-refractivity contribution is 0.252. The molecular weight excluding hydrogens is 194 g/mol. The van der Waals surface area contributed by atoms with Gasteiger partial charge in [0.2, 0.25) is 0 Å². The molecule has 1 rings (SSSR count). The van der Waals surface area contributed by atoms with Gasteiger partial charge in [0.05, 0.1) is 0 Å². The summed E-state index contributed by atoms with van der Waals surface area (Å²) in [6, 6.07) is 0.725. The summed E-state index contributed by atoms with van der Waals surface area (Å²) < 4.78 is 0. The summed E-state index contributed by atoms with van der Waals surface area (Å²) in [6.45, 7) is 13.0. The van der Waals surface area contributed by atoms with Crippen LogP contribution in [0, 0.1) is 23.7 Å². The van der Waals surface area contributed by atoms with Gasteiger partial charge in [0, 0.05) is 6.04 Å². The van der Waals surface area contributed by atoms with Gasteiger partial charge in [-0.25, -0.2) is 0 Å². The van der Waals surface area contributed by atoms with Gasteiger partial charge < -0.3 is 5.32 Å². The van der Waals surface area contributed by atoms with Crippen LogP contribution >= 0.6 is 0 Å². The Morgan fingerprint density at radius 2 is 1.44 bits per heavy atom. The van der Waals surface area contributed by atoms with Gasteiger partial charge in [-0.15, -0.1) is 0 Å². The van der Waals surface area contributed by atoms with E-state index in [9.17, 15) is 0 Å². The molecule has 16 heavy (non-hydrogen) atoms. The van der Waals surface area contributed by atoms with Gasteiger partial charge in [0.25, 0.3) is 0 Å². The molecule has 0 spiro atoms. The molecular formula is C15H31N. The second-order valence-electron chi connectivity index (χ2n) is 6.39. The highest BCUT2D eigenvalue weighted by Crippen LogP contribution is 2.28. The number of hydrogen-bond acceptors (Lipinski definition) is 1. The van der Waals surface area contributed by atoms with E-state index in [1.807, 2.05) is 0 Å². The Kier molecular flexibility index (Phi) is 5.82. The van der Waals surface area contributed by atoms with Crippen LogP contribution in [0.25, 0.3) is 0 Å². The predicted octanol–water partition coefficient (Wildman–Crippen LogP) is 4.08. The Bertz CT molecular complexity index is 172. The average Bonchev–Trinajstić information content (AvgIpc) is 2.69. The molecule has 0 radical (unpaired) electrons. The van der Waals surface area contributed by atoms with E-state index in [0.29, 0.717) is 0 Å². The molecule has 1 atom stereocenters. The van der Waals surface area contributed by atoms with Crippen LogP contribution in [0.5, 0.6) is 0 Å². The normalized spacial score (nSPS) is 20.2. The van der Waals surface area contributed by atoms with Crippen molar-refractivity contribution in [3.63, 3.8) is 0 Å². The largest absolute Gasteiger partial charge is 0.314 e. The van der Waals surface area contributed by atoms with Crippen molar-refractivity contribution in [3.8, 4) is 0 Å². The monoisotopic (exact) mass is 225 g/mol. The average molecular weight is 225 g/mol. The molecule has 0 aliphatic heterocycles. The highest BCUT2D eigenvalue weighted by Gasteiger charge is 2.23. The van der Waals surface area contributed by atoms with E-state index in [1.54, 1.807) is 0 Å². The molecule has 0 bridgehead atoms. The minimum Gasteiger partial charge on any atom is -0.314 e. The maximum absolute atomic E-state index is 3.79. The predicted molar refractivity (Wildman–Crippen MR) is 72.6 cm³/mol. The third-order valence-corrected chi connectivity index (χ3v) is 4.50. The first-order chi connectivity index (χ1) is 7.52. The lowest BCUT2D eigenvalue weighted by atomic mass is 9.85. The minimum absolute atomic E-state index is 0.725. The lowest BCUT2D eigenvalue weighted by Crippen LogP contribution is -2.38. The fourth-order valence-corrected chi connectivity index (χ4v) is 3.19. The fourth-order valence-electron chi connectivity index (χ4n) is 3.19. The Morgan fingerprint density at radius 3 is 1.88 bits per heavy atom. The Labute approximate surface area is 102 Å². The second kappa shape index (κ2) is 6.64. The van der Waals surface area contributed by atoms with Gasteiger partial charge in [0.1, 0.15) is 0 Å². The molecule has 0 heterocycles. The first kappa shape index (κ1) is 14.0. The van der Waals surface area contributed by atoms with Gasteiger partial charge in [-0.2, -0.15) is 0 Å². The van der Waals surface area contributed by atoms with Crippen LogP contribution in [0.3, 0.4) is 0 Å². The topological polar surface area (TPSA) is 12.0 Å². The first-order valence-corrected chi connectivity index (χ1v) is 7.25. The Hall–Kier alpha value is -0.0400. The summed E-state index contributed by atoms with van der Waals surface area (Å²) in [5.41, 5.74) is 0. The number of hydrogen-bond donors (Lipinski definition) is 1. The van der Waals surface area contributed by atoms with Crippen molar-refractivity contribution in [1.29, 1.82) is 0 Å². The molecule has 0 aromatic carbocycles. The van der Waals surface area contributed by atoms with Gasteiger partial charge in [-0.3, -0.25) is 0 Å². The van der Waals surface area contributed by atoms with Crippen LogP contribution in [0.1, 0.15) is 60.3 Å². The highest BCUT2D eigenvalue weighted by molar-refractivity contribution is 4.79. The summed E-state index contributed by atoms with van der Waals surface area (Å²) in [6.07, 6.45) is 5.80. The molecule has 96 valence electrons. The molecule has 1 unspecified atom stereocenters. The third-order valence-electron chi connectivity index (χ3n) is 4.50. The molecule has 1 nitrogen and oxygen atoms in total. The lowest BCUT2D eigenvalue weighted by Gasteiger charge is -2.29. The van der Waals surface area contributed by atoms with Gasteiger partial charge in [-0.1, -0.05) is 40.5 Å². The maximum atomic E-state index is 3.79. The SMILES string of the molecule is CC(C)C(CNC(C)C1CCCC1)C(C)C. The van der Waals surface area contributed by atoms with E-state index in [0.717, 1.165) is 29.7 Å². The number of rotatable bonds is 6. The van der Waals surface area contributed by atoms with Crippen molar-refractivity contribution in [2.45, 2.75) is 66.3 Å². The van der Waals surface area contributed by atoms with Gasteiger partial charge in [0.15, 0.2) is 0 Å². The molecule has 1 aliphatic carbocycles. The molecule has 0 amide bonds. The van der Waals surface area contributed by atoms with E-state index in [4.69, 9.17) is 0 Å². The van der Waals surface area contributed by atoms with E-state index >= 15 is 0 Å². The molecule has 1 saturated carbocycles. The van der Waals surface area contributed by atoms with Crippen molar-refractivity contribution >= 4 is 0 Å². The Balaban J connectivity index is 2.30. The van der Waals surface area contributed by atoms with E-state index in [2.05, 4.69) is 39.9 Å². The van der Waals surface area contributed by atoms with Crippen LogP contribution in [-0.4, -0.2) is 12.6 Å². The van der Waals surface area contributed by atoms with Crippen LogP contribution in [0.2, 0.25) is 0 Å². The quantitative estimate of drug-likeness (QED) is 0.718. The Morgan fingerprint density at radius 1 is 0.938 bits per heavy atom. The van der Waals surface area contributed by atoms with E-state index in [1.165, 1.54) is 32.2 Å². The molecule has 0 aromatic rings. The van der Waals surface area contributed by atoms with Crippen molar-refractivity contribution in [2.75, 3.05) is 6.54 Å². The van der Waals surface area contributed by atoms with E-state index in [-0.39, 0.29) is 0 Å². The van der Waals surface area contributed by atoms with Crippen LogP contribution in [0.4, 0.5) is 0 Å². The smallest absolute Gasteiger partial charge is 0.00671 e.